The Bertz CT molecular complexity index is 1490. The Morgan fingerprint density at radius 3 is 2.47 bits per heavy atom. The van der Waals surface area contributed by atoms with E-state index >= 15 is 0 Å². The van der Waals surface area contributed by atoms with Crippen molar-refractivity contribution in [3.63, 3.8) is 0 Å². The Kier molecular flexibility index (Phi) is 6.58. The number of hydrogen-bond donors (Lipinski definition) is 1. The molecule has 0 saturated carbocycles. The number of ether oxygens (including phenoxy) is 1. The zero-order valence-electron chi connectivity index (χ0n) is 18.8. The van der Waals surface area contributed by atoms with Gasteiger partial charge in [0.15, 0.2) is 5.78 Å². The van der Waals surface area contributed by atoms with Crippen LogP contribution in [0.1, 0.15) is 26.3 Å². The fourth-order valence-corrected chi connectivity index (χ4v) is 3.98. The molecule has 1 saturated heterocycles. The molecule has 5 rings (SSSR count). The van der Waals surface area contributed by atoms with Crippen LogP contribution in [0.4, 0.5) is 20.3 Å². The minimum absolute atomic E-state index is 0.0262. The first-order valence-corrected chi connectivity index (χ1v) is 11.5. The maximum absolute atomic E-state index is 14.6. The van der Waals surface area contributed by atoms with E-state index in [2.05, 4.69) is 15.3 Å². The standard InChI is InChI=1S/C26H19ClF2N4O3/c27-19-4-1-16(11-21(19)29)26(35)31-17-3-5-20(28)18(13-17)25(34)15-2-6-22-23(12-15)32-24(14-30-22)33-7-9-36-10-8-33/h1-6,11-14H,7-10H2,(H,31,35). The number of fused-ring (bicyclic) bond motifs is 1. The highest BCUT2D eigenvalue weighted by molar-refractivity contribution is 6.30. The van der Waals surface area contributed by atoms with Gasteiger partial charge in [-0.3, -0.25) is 14.6 Å². The van der Waals surface area contributed by atoms with E-state index in [9.17, 15) is 18.4 Å². The highest BCUT2D eigenvalue weighted by Crippen LogP contribution is 2.23. The number of halogens is 3. The smallest absolute Gasteiger partial charge is 0.255 e. The van der Waals surface area contributed by atoms with Gasteiger partial charge in [0.2, 0.25) is 0 Å². The first-order valence-electron chi connectivity index (χ1n) is 11.1. The Hall–Kier alpha value is -3.95. The minimum atomic E-state index is -0.746. The molecule has 1 N–H and O–H groups in total. The van der Waals surface area contributed by atoms with Gasteiger partial charge < -0.3 is 15.0 Å². The lowest BCUT2D eigenvalue weighted by Crippen LogP contribution is -2.36. The van der Waals surface area contributed by atoms with Gasteiger partial charge in [-0.1, -0.05) is 11.6 Å². The molecule has 1 amide bonds. The lowest BCUT2D eigenvalue weighted by Gasteiger charge is -2.27. The number of amides is 1. The van der Waals surface area contributed by atoms with Gasteiger partial charge in [-0.25, -0.2) is 13.8 Å². The third kappa shape index (κ3) is 4.89. The van der Waals surface area contributed by atoms with Crippen LogP contribution < -0.4 is 10.2 Å². The summed E-state index contributed by atoms with van der Waals surface area (Å²) in [6.45, 7) is 2.56. The second-order valence-electron chi connectivity index (χ2n) is 8.14. The number of aromatic nitrogens is 2. The average Bonchev–Trinajstić information content (AvgIpc) is 2.90. The quantitative estimate of drug-likeness (QED) is 0.387. The molecule has 0 atom stereocenters. The number of rotatable bonds is 5. The molecule has 2 heterocycles. The van der Waals surface area contributed by atoms with Crippen LogP contribution in [0.25, 0.3) is 11.0 Å². The molecule has 4 aromatic rings. The van der Waals surface area contributed by atoms with Crippen LogP contribution >= 0.6 is 11.6 Å². The maximum atomic E-state index is 14.6. The Balaban J connectivity index is 1.41. The highest BCUT2D eigenvalue weighted by atomic mass is 35.5. The SMILES string of the molecule is O=C(Nc1ccc(F)c(C(=O)c2ccc3ncc(N4CCOCC4)nc3c2)c1)c1ccc(Cl)c(F)c1. The van der Waals surface area contributed by atoms with Gasteiger partial charge >= 0.3 is 0 Å². The van der Waals surface area contributed by atoms with E-state index in [-0.39, 0.29) is 27.4 Å². The van der Waals surface area contributed by atoms with Crippen LogP contribution in [-0.4, -0.2) is 48.0 Å². The van der Waals surface area contributed by atoms with E-state index in [4.69, 9.17) is 16.3 Å². The zero-order chi connectivity index (χ0) is 25.2. The van der Waals surface area contributed by atoms with Crippen LogP contribution in [0, 0.1) is 11.6 Å². The Labute approximate surface area is 209 Å². The average molecular weight is 509 g/mol. The Morgan fingerprint density at radius 1 is 0.917 bits per heavy atom. The number of ketones is 1. The van der Waals surface area contributed by atoms with Gasteiger partial charge in [0.1, 0.15) is 17.5 Å². The number of nitrogens with zero attached hydrogens (tertiary/aromatic N) is 3. The van der Waals surface area contributed by atoms with Crippen molar-refractivity contribution in [2.45, 2.75) is 0 Å². The summed E-state index contributed by atoms with van der Waals surface area (Å²) in [5.41, 5.74) is 1.29. The fourth-order valence-electron chi connectivity index (χ4n) is 3.86. The molecule has 0 spiro atoms. The van der Waals surface area contributed by atoms with Crippen LogP contribution in [0.3, 0.4) is 0 Å². The van der Waals surface area contributed by atoms with E-state index in [1.807, 2.05) is 4.90 Å². The van der Waals surface area contributed by atoms with Crippen LogP contribution in [0.5, 0.6) is 0 Å². The molecule has 0 unspecified atom stereocenters. The minimum Gasteiger partial charge on any atom is -0.378 e. The molecule has 7 nitrogen and oxygen atoms in total. The van der Waals surface area contributed by atoms with Crippen molar-refractivity contribution in [3.8, 4) is 0 Å². The summed E-state index contributed by atoms with van der Waals surface area (Å²) in [7, 11) is 0. The summed E-state index contributed by atoms with van der Waals surface area (Å²) in [5, 5.41) is 2.43. The van der Waals surface area contributed by atoms with E-state index in [0.29, 0.717) is 43.2 Å². The monoisotopic (exact) mass is 508 g/mol. The molecule has 1 fully saturated rings. The molecule has 0 aliphatic carbocycles. The predicted octanol–water partition coefficient (Wildman–Crippen LogP) is 4.88. The third-order valence-electron chi connectivity index (χ3n) is 5.78. The van der Waals surface area contributed by atoms with Crippen LogP contribution in [0.15, 0.2) is 60.8 Å². The van der Waals surface area contributed by atoms with Crippen LogP contribution in [0.2, 0.25) is 5.02 Å². The number of benzene rings is 3. The topological polar surface area (TPSA) is 84.4 Å². The lowest BCUT2D eigenvalue weighted by molar-refractivity contribution is 0.101. The first-order chi connectivity index (χ1) is 17.4. The van der Waals surface area contributed by atoms with Crippen molar-refractivity contribution in [1.82, 2.24) is 9.97 Å². The van der Waals surface area contributed by atoms with Crippen LogP contribution in [-0.2, 0) is 4.74 Å². The number of hydrogen-bond acceptors (Lipinski definition) is 6. The van der Waals surface area contributed by atoms with Gasteiger partial charge in [0, 0.05) is 29.9 Å². The number of carbonyl (C=O) groups excluding carboxylic acids is 2. The third-order valence-corrected chi connectivity index (χ3v) is 6.08. The maximum Gasteiger partial charge on any atom is 0.255 e. The fraction of sp³-hybridized carbons (Fsp3) is 0.154. The van der Waals surface area contributed by atoms with Gasteiger partial charge in [-0.15, -0.1) is 0 Å². The number of carbonyl (C=O) groups is 2. The number of morpholine rings is 1. The molecule has 182 valence electrons. The van der Waals surface area contributed by atoms with E-state index in [1.54, 1.807) is 24.4 Å². The van der Waals surface area contributed by atoms with Gasteiger partial charge in [0.05, 0.1) is 41.0 Å². The molecule has 1 aliphatic heterocycles. The molecule has 36 heavy (non-hydrogen) atoms. The molecular formula is C26H19ClF2N4O3. The molecule has 3 aromatic carbocycles. The summed E-state index contributed by atoms with van der Waals surface area (Å²) in [5.74, 6) is -2.03. The van der Waals surface area contributed by atoms with Crippen molar-refractivity contribution in [1.29, 1.82) is 0 Å². The molecule has 0 radical (unpaired) electrons. The summed E-state index contributed by atoms with van der Waals surface area (Å²) >= 11 is 5.66. The second kappa shape index (κ2) is 9.96. The number of nitrogens with one attached hydrogen (secondary N) is 1. The highest BCUT2D eigenvalue weighted by Gasteiger charge is 2.18. The first kappa shape index (κ1) is 23.8. The lowest BCUT2D eigenvalue weighted by atomic mass is 10.0. The largest absolute Gasteiger partial charge is 0.378 e. The zero-order valence-corrected chi connectivity index (χ0v) is 19.6. The van der Waals surface area contributed by atoms with E-state index in [1.165, 1.54) is 24.3 Å². The summed E-state index contributed by atoms with van der Waals surface area (Å²) in [6.07, 6.45) is 1.67. The summed E-state index contributed by atoms with van der Waals surface area (Å²) in [6, 6.07) is 12.0. The second-order valence-corrected chi connectivity index (χ2v) is 8.55. The van der Waals surface area contributed by atoms with E-state index < -0.39 is 23.3 Å². The predicted molar refractivity (Wildman–Crippen MR) is 132 cm³/mol. The molecule has 1 aromatic heterocycles. The van der Waals surface area contributed by atoms with Crippen molar-refractivity contribution in [2.24, 2.45) is 0 Å². The van der Waals surface area contributed by atoms with E-state index in [0.717, 1.165) is 12.1 Å². The van der Waals surface area contributed by atoms with Crippen molar-refractivity contribution < 1.29 is 23.1 Å². The molecule has 10 heteroatoms. The van der Waals surface area contributed by atoms with Gasteiger partial charge in [-0.2, -0.15) is 0 Å². The molecular weight excluding hydrogens is 490 g/mol. The molecule has 1 aliphatic rings. The van der Waals surface area contributed by atoms with Gasteiger partial charge in [-0.05, 0) is 54.6 Å². The van der Waals surface area contributed by atoms with Crippen molar-refractivity contribution >= 4 is 45.8 Å². The summed E-state index contributed by atoms with van der Waals surface area (Å²) < 4.78 is 33.7. The number of anilines is 2. The summed E-state index contributed by atoms with van der Waals surface area (Å²) in [4.78, 5) is 36.8. The van der Waals surface area contributed by atoms with Crippen molar-refractivity contribution in [2.75, 3.05) is 36.5 Å². The van der Waals surface area contributed by atoms with Crippen molar-refractivity contribution in [3.05, 3.63) is 94.1 Å². The molecule has 0 bridgehead atoms. The van der Waals surface area contributed by atoms with Gasteiger partial charge in [0.25, 0.3) is 5.91 Å². The Morgan fingerprint density at radius 2 is 1.69 bits per heavy atom. The normalized spacial score (nSPS) is 13.6.